The highest BCUT2D eigenvalue weighted by Crippen LogP contribution is 2.28. The maximum atomic E-state index is 11.6. The van der Waals surface area contributed by atoms with E-state index in [4.69, 9.17) is 5.73 Å². The van der Waals surface area contributed by atoms with Gasteiger partial charge in [0.15, 0.2) is 0 Å². The first kappa shape index (κ1) is 14.0. The van der Waals surface area contributed by atoms with E-state index in [0.29, 0.717) is 12.3 Å². The molecule has 1 unspecified atom stereocenters. The lowest BCUT2D eigenvalue weighted by atomic mass is 10.1. The lowest BCUT2D eigenvalue weighted by Gasteiger charge is -2.12. The summed E-state index contributed by atoms with van der Waals surface area (Å²) >= 11 is 0. The molecule has 1 aliphatic heterocycles. The summed E-state index contributed by atoms with van der Waals surface area (Å²) < 4.78 is 0. The van der Waals surface area contributed by atoms with Gasteiger partial charge in [-0.3, -0.25) is 4.79 Å². The number of amides is 1. The molecule has 0 bridgehead atoms. The van der Waals surface area contributed by atoms with Gasteiger partial charge in [0.05, 0.1) is 6.42 Å². The maximum Gasteiger partial charge on any atom is 0.231 e. The molecule has 1 aromatic rings. The minimum atomic E-state index is 0.178. The number of nitrogens with two attached hydrogens (primary N) is 1. The van der Waals surface area contributed by atoms with Crippen molar-refractivity contribution in [1.29, 1.82) is 0 Å². The largest absolute Gasteiger partial charge is 0.330 e. The van der Waals surface area contributed by atoms with Gasteiger partial charge in [-0.1, -0.05) is 19.1 Å². The van der Waals surface area contributed by atoms with Crippen LogP contribution in [0.25, 0.3) is 0 Å². The third-order valence-corrected chi connectivity index (χ3v) is 3.77. The van der Waals surface area contributed by atoms with Crippen LogP contribution in [-0.4, -0.2) is 26.0 Å². The molecule has 0 aliphatic carbocycles. The Morgan fingerprint density at radius 1 is 1.47 bits per heavy atom. The number of anilines is 1. The lowest BCUT2D eigenvalue weighted by Crippen LogP contribution is -2.20. The molecule has 2 rings (SSSR count). The highest BCUT2D eigenvalue weighted by molar-refractivity contribution is 6.00. The Morgan fingerprint density at radius 3 is 3.00 bits per heavy atom. The molecule has 1 atom stereocenters. The average molecular weight is 261 g/mol. The molecule has 1 heterocycles. The standard InChI is InChI=1S/C15H23N3O/c1-11(9-16)5-6-17-10-12-3-4-14-13(7-12)8-15(19)18(14)2/h3-4,7,11,17H,5-6,8-10,16H2,1-2H3. The zero-order valence-corrected chi connectivity index (χ0v) is 11.8. The van der Waals surface area contributed by atoms with Gasteiger partial charge in [-0.05, 0) is 42.6 Å². The summed E-state index contributed by atoms with van der Waals surface area (Å²) in [5.41, 5.74) is 9.01. The van der Waals surface area contributed by atoms with Gasteiger partial charge in [-0.2, -0.15) is 0 Å². The predicted molar refractivity (Wildman–Crippen MR) is 78.1 cm³/mol. The van der Waals surface area contributed by atoms with E-state index in [-0.39, 0.29) is 5.91 Å². The zero-order chi connectivity index (χ0) is 13.8. The number of hydrogen-bond donors (Lipinski definition) is 2. The Balaban J connectivity index is 1.86. The quantitative estimate of drug-likeness (QED) is 0.758. The van der Waals surface area contributed by atoms with E-state index in [2.05, 4.69) is 24.4 Å². The van der Waals surface area contributed by atoms with Crippen LogP contribution < -0.4 is 16.0 Å². The number of carbonyl (C=O) groups is 1. The third-order valence-electron chi connectivity index (χ3n) is 3.77. The third kappa shape index (κ3) is 3.33. The Bertz CT molecular complexity index is 459. The summed E-state index contributed by atoms with van der Waals surface area (Å²) in [5, 5.41) is 3.43. The molecule has 4 nitrogen and oxygen atoms in total. The highest BCUT2D eigenvalue weighted by atomic mass is 16.2. The molecule has 19 heavy (non-hydrogen) atoms. The van der Waals surface area contributed by atoms with Crippen LogP contribution >= 0.6 is 0 Å². The molecular formula is C15H23N3O. The van der Waals surface area contributed by atoms with Gasteiger partial charge in [-0.15, -0.1) is 0 Å². The molecule has 1 amide bonds. The lowest BCUT2D eigenvalue weighted by molar-refractivity contribution is -0.117. The van der Waals surface area contributed by atoms with Gasteiger partial charge in [0.25, 0.3) is 0 Å². The topological polar surface area (TPSA) is 58.4 Å². The van der Waals surface area contributed by atoms with E-state index >= 15 is 0 Å². The molecule has 0 aromatic heterocycles. The van der Waals surface area contributed by atoms with E-state index in [1.54, 1.807) is 4.90 Å². The minimum absolute atomic E-state index is 0.178. The number of nitrogens with one attached hydrogen (secondary N) is 1. The first-order chi connectivity index (χ1) is 9.11. The van der Waals surface area contributed by atoms with Crippen LogP contribution in [0.5, 0.6) is 0 Å². The molecule has 1 aromatic carbocycles. The van der Waals surface area contributed by atoms with Crippen molar-refractivity contribution in [2.24, 2.45) is 11.7 Å². The van der Waals surface area contributed by atoms with Gasteiger partial charge in [0.2, 0.25) is 5.91 Å². The maximum absolute atomic E-state index is 11.6. The van der Waals surface area contributed by atoms with Crippen molar-refractivity contribution in [1.82, 2.24) is 5.32 Å². The van der Waals surface area contributed by atoms with Gasteiger partial charge >= 0.3 is 0 Å². The van der Waals surface area contributed by atoms with Gasteiger partial charge in [0, 0.05) is 19.3 Å². The first-order valence-corrected chi connectivity index (χ1v) is 6.91. The van der Waals surface area contributed by atoms with E-state index in [0.717, 1.165) is 37.3 Å². The van der Waals surface area contributed by atoms with Crippen molar-refractivity contribution in [3.8, 4) is 0 Å². The summed E-state index contributed by atoms with van der Waals surface area (Å²) in [7, 11) is 1.83. The second kappa shape index (κ2) is 6.17. The second-order valence-corrected chi connectivity index (χ2v) is 5.40. The second-order valence-electron chi connectivity index (χ2n) is 5.40. The van der Waals surface area contributed by atoms with Crippen molar-refractivity contribution < 1.29 is 4.79 Å². The van der Waals surface area contributed by atoms with Crippen molar-refractivity contribution in [3.63, 3.8) is 0 Å². The van der Waals surface area contributed by atoms with Gasteiger partial charge in [-0.25, -0.2) is 0 Å². The molecule has 0 fully saturated rings. The number of nitrogens with zero attached hydrogens (tertiary/aromatic N) is 1. The molecule has 0 radical (unpaired) electrons. The van der Waals surface area contributed by atoms with Crippen molar-refractivity contribution in [3.05, 3.63) is 29.3 Å². The molecule has 3 N–H and O–H groups in total. The SMILES string of the molecule is CC(CN)CCNCc1ccc2c(c1)CC(=O)N2C. The summed E-state index contributed by atoms with van der Waals surface area (Å²) in [6, 6.07) is 6.27. The summed E-state index contributed by atoms with van der Waals surface area (Å²) in [4.78, 5) is 13.3. The molecule has 104 valence electrons. The van der Waals surface area contributed by atoms with E-state index < -0.39 is 0 Å². The monoisotopic (exact) mass is 261 g/mol. The van der Waals surface area contributed by atoms with Crippen molar-refractivity contribution in [2.45, 2.75) is 26.3 Å². The Morgan fingerprint density at radius 2 is 2.26 bits per heavy atom. The van der Waals surface area contributed by atoms with Gasteiger partial charge < -0.3 is 16.0 Å². The molecule has 0 spiro atoms. The number of hydrogen-bond acceptors (Lipinski definition) is 3. The van der Waals surface area contributed by atoms with Crippen LogP contribution in [-0.2, 0) is 17.8 Å². The van der Waals surface area contributed by atoms with E-state index in [9.17, 15) is 4.79 Å². The smallest absolute Gasteiger partial charge is 0.231 e. The number of benzene rings is 1. The molecule has 0 saturated heterocycles. The van der Waals surface area contributed by atoms with Crippen LogP contribution in [0.2, 0.25) is 0 Å². The number of rotatable bonds is 6. The fourth-order valence-electron chi connectivity index (χ4n) is 2.33. The number of likely N-dealkylation sites (N-methyl/N-ethyl adjacent to an activating group) is 1. The van der Waals surface area contributed by atoms with Gasteiger partial charge in [0.1, 0.15) is 0 Å². The summed E-state index contributed by atoms with van der Waals surface area (Å²) in [6.07, 6.45) is 1.63. The molecule has 0 saturated carbocycles. The van der Waals surface area contributed by atoms with Crippen LogP contribution in [0.3, 0.4) is 0 Å². The molecule has 1 aliphatic rings. The fraction of sp³-hybridized carbons (Fsp3) is 0.533. The number of fused-ring (bicyclic) bond motifs is 1. The molecular weight excluding hydrogens is 238 g/mol. The molecule has 4 heteroatoms. The normalized spacial score (nSPS) is 15.7. The minimum Gasteiger partial charge on any atom is -0.330 e. The highest BCUT2D eigenvalue weighted by Gasteiger charge is 2.23. The first-order valence-electron chi connectivity index (χ1n) is 6.91. The van der Waals surface area contributed by atoms with E-state index in [1.807, 2.05) is 13.1 Å². The van der Waals surface area contributed by atoms with Crippen LogP contribution in [0.4, 0.5) is 5.69 Å². The van der Waals surface area contributed by atoms with Crippen molar-refractivity contribution in [2.75, 3.05) is 25.0 Å². The van der Waals surface area contributed by atoms with Crippen molar-refractivity contribution >= 4 is 11.6 Å². The Hall–Kier alpha value is -1.39. The van der Waals surface area contributed by atoms with Crippen LogP contribution in [0, 0.1) is 5.92 Å². The zero-order valence-electron chi connectivity index (χ0n) is 11.8. The summed E-state index contributed by atoms with van der Waals surface area (Å²) in [5.74, 6) is 0.746. The Kier molecular flexibility index (Phi) is 4.56. The fourth-order valence-corrected chi connectivity index (χ4v) is 2.33. The van der Waals surface area contributed by atoms with E-state index in [1.165, 1.54) is 5.56 Å². The Labute approximate surface area is 115 Å². The van der Waals surface area contributed by atoms with Crippen LogP contribution in [0.1, 0.15) is 24.5 Å². The summed E-state index contributed by atoms with van der Waals surface area (Å²) in [6.45, 7) is 4.74. The number of carbonyl (C=O) groups excluding carboxylic acids is 1. The average Bonchev–Trinajstić information content (AvgIpc) is 2.69. The predicted octanol–water partition coefficient (Wildman–Crippen LogP) is 1.28. The van der Waals surface area contributed by atoms with Crippen LogP contribution in [0.15, 0.2) is 18.2 Å².